The summed E-state index contributed by atoms with van der Waals surface area (Å²) in [5, 5.41) is 0. The number of hydrogen-bond donors (Lipinski definition) is 0. The third-order valence-corrected chi connectivity index (χ3v) is 23.6. The van der Waals surface area contributed by atoms with Gasteiger partial charge >= 0.3 is 0 Å². The summed E-state index contributed by atoms with van der Waals surface area (Å²) >= 11 is 0. The van der Waals surface area contributed by atoms with Crippen LogP contribution < -0.4 is 0 Å². The first kappa shape index (κ1) is 47.5. The quantitative estimate of drug-likeness (QED) is 0.143. The molecule has 0 heterocycles. The monoisotopic (exact) mass is 987 g/mol. The highest BCUT2D eigenvalue weighted by molar-refractivity contribution is 5.90. The molecule has 0 saturated heterocycles. The molecule has 0 amide bonds. The molecule has 9 aliphatic rings. The van der Waals surface area contributed by atoms with E-state index in [1.807, 2.05) is 0 Å². The molecule has 6 aromatic carbocycles. The first-order chi connectivity index (χ1) is 37.2. The van der Waals surface area contributed by atoms with E-state index in [0.717, 1.165) is 23.7 Å². The van der Waals surface area contributed by atoms with Crippen LogP contribution in [0.25, 0.3) is 55.6 Å². The first-order valence-electron chi connectivity index (χ1n) is 32.0. The van der Waals surface area contributed by atoms with Gasteiger partial charge < -0.3 is 0 Å². The lowest BCUT2D eigenvalue weighted by atomic mass is 9.54. The molecular weight excluding hydrogens is 901 g/mol. The minimum atomic E-state index is 0.0410. The second-order valence-electron chi connectivity index (χ2n) is 26.7. The number of fused-ring (bicyclic) bond motifs is 9. The van der Waals surface area contributed by atoms with Crippen LogP contribution >= 0.6 is 0 Å². The fourth-order valence-corrected chi connectivity index (χ4v) is 20.8. The summed E-state index contributed by atoms with van der Waals surface area (Å²) in [5.41, 5.74) is 25.7. The second kappa shape index (κ2) is 19.3. The Kier molecular flexibility index (Phi) is 12.3. The molecule has 386 valence electrons. The lowest BCUT2D eigenvalue weighted by Gasteiger charge is -2.49. The van der Waals surface area contributed by atoms with Gasteiger partial charge in [0.2, 0.25) is 0 Å². The van der Waals surface area contributed by atoms with Crippen molar-refractivity contribution in [2.45, 2.75) is 209 Å². The molecule has 0 N–H and O–H groups in total. The van der Waals surface area contributed by atoms with Crippen molar-refractivity contribution in [2.24, 2.45) is 35.5 Å². The summed E-state index contributed by atoms with van der Waals surface area (Å²) in [6.45, 7) is 0. The predicted octanol–water partition coefficient (Wildman–Crippen LogP) is 21.3. The lowest BCUT2D eigenvalue weighted by molar-refractivity contribution is 0.137. The van der Waals surface area contributed by atoms with E-state index in [0.29, 0.717) is 11.8 Å². The molecule has 0 radical (unpaired) electrons. The van der Waals surface area contributed by atoms with Crippen molar-refractivity contribution >= 4 is 0 Å². The highest BCUT2D eigenvalue weighted by Gasteiger charge is 2.57. The Bertz CT molecular complexity index is 2820. The summed E-state index contributed by atoms with van der Waals surface area (Å²) < 4.78 is 0. The van der Waals surface area contributed by atoms with Crippen LogP contribution in [0.4, 0.5) is 0 Å². The van der Waals surface area contributed by atoms with Gasteiger partial charge in [0, 0.05) is 16.2 Å². The van der Waals surface area contributed by atoms with E-state index in [1.54, 1.807) is 66.8 Å². The molecule has 0 nitrogen and oxygen atoms in total. The average Bonchev–Trinajstić information content (AvgIpc) is 4.23. The Morgan fingerprint density at radius 3 is 0.640 bits per heavy atom. The van der Waals surface area contributed by atoms with E-state index >= 15 is 0 Å². The molecule has 0 heteroatoms. The lowest BCUT2D eigenvalue weighted by Crippen LogP contribution is -2.44. The Hall–Kier alpha value is -4.68. The Labute approximate surface area is 452 Å². The minimum Gasteiger partial charge on any atom is -0.0619 e. The van der Waals surface area contributed by atoms with Crippen LogP contribution in [0.2, 0.25) is 0 Å². The number of rotatable bonds is 8. The highest BCUT2D eigenvalue weighted by atomic mass is 14.6. The second-order valence-corrected chi connectivity index (χ2v) is 26.7. The molecule has 0 unspecified atom stereocenters. The predicted molar refractivity (Wildman–Crippen MR) is 315 cm³/mol. The molecule has 0 bridgehead atoms. The van der Waals surface area contributed by atoms with E-state index in [2.05, 4.69) is 121 Å². The van der Waals surface area contributed by atoms with E-state index in [1.165, 1.54) is 215 Å². The highest BCUT2D eigenvalue weighted by Crippen LogP contribution is 2.66. The fourth-order valence-electron chi connectivity index (χ4n) is 20.8. The van der Waals surface area contributed by atoms with E-state index < -0.39 is 0 Å². The van der Waals surface area contributed by atoms with Gasteiger partial charge in [-0.05, 0) is 226 Å². The van der Waals surface area contributed by atoms with Crippen molar-refractivity contribution < 1.29 is 0 Å². The van der Waals surface area contributed by atoms with E-state index in [4.69, 9.17) is 0 Å². The smallest absolute Gasteiger partial charge is 0.0271 e. The van der Waals surface area contributed by atoms with Crippen molar-refractivity contribution in [3.63, 3.8) is 0 Å². The van der Waals surface area contributed by atoms with Gasteiger partial charge in [-0.3, -0.25) is 0 Å². The number of hydrogen-bond acceptors (Lipinski definition) is 0. The summed E-state index contributed by atoms with van der Waals surface area (Å²) in [6, 6.07) is 51.7. The van der Waals surface area contributed by atoms with Crippen molar-refractivity contribution in [1.82, 2.24) is 0 Å². The van der Waals surface area contributed by atoms with Crippen LogP contribution in [0, 0.1) is 35.5 Å². The average molecular weight is 988 g/mol. The molecular formula is C75H86. The van der Waals surface area contributed by atoms with Crippen molar-refractivity contribution in [2.75, 3.05) is 0 Å². The van der Waals surface area contributed by atoms with Gasteiger partial charge in [-0.25, -0.2) is 0 Å². The van der Waals surface area contributed by atoms with Crippen LogP contribution in [0.1, 0.15) is 226 Å². The molecule has 75 heavy (non-hydrogen) atoms. The zero-order valence-corrected chi connectivity index (χ0v) is 45.7. The van der Waals surface area contributed by atoms with Gasteiger partial charge in [0.05, 0.1) is 0 Å². The molecule has 0 spiro atoms. The van der Waals surface area contributed by atoms with Gasteiger partial charge in [0.15, 0.2) is 0 Å². The summed E-state index contributed by atoms with van der Waals surface area (Å²) in [6.07, 6.45) is 41.8. The minimum absolute atomic E-state index is 0.0410. The van der Waals surface area contributed by atoms with Crippen LogP contribution in [0.3, 0.4) is 0 Å². The van der Waals surface area contributed by atoms with Crippen LogP contribution in [-0.2, 0) is 16.2 Å². The Morgan fingerprint density at radius 1 is 0.200 bits per heavy atom. The van der Waals surface area contributed by atoms with Gasteiger partial charge in [0.1, 0.15) is 0 Å². The maximum absolute atomic E-state index is 2.83. The van der Waals surface area contributed by atoms with Crippen LogP contribution in [-0.4, -0.2) is 0 Å². The van der Waals surface area contributed by atoms with Crippen molar-refractivity contribution in [3.8, 4) is 55.6 Å². The normalized spacial score (nSPS) is 23.7. The van der Waals surface area contributed by atoms with Crippen LogP contribution in [0.5, 0.6) is 0 Å². The zero-order valence-electron chi connectivity index (χ0n) is 45.7. The summed E-state index contributed by atoms with van der Waals surface area (Å²) in [7, 11) is 0. The first-order valence-corrected chi connectivity index (χ1v) is 32.0. The van der Waals surface area contributed by atoms with Gasteiger partial charge in [-0.2, -0.15) is 0 Å². The Balaban J connectivity index is 0.894. The molecule has 9 aliphatic carbocycles. The van der Waals surface area contributed by atoms with Crippen molar-refractivity contribution in [3.05, 3.63) is 155 Å². The maximum Gasteiger partial charge on any atom is 0.0271 e. The molecule has 6 aromatic rings. The van der Waals surface area contributed by atoms with Gasteiger partial charge in [0.25, 0.3) is 0 Å². The number of benzene rings is 6. The third kappa shape index (κ3) is 7.17. The topological polar surface area (TPSA) is 0 Å². The standard InChI is InChI=1S/C75H86/c1-7-23-55(24-8-1)73(56-25-9-2-10-26-56)67-37-21-19-35-61(67)63-43-39-51(47-69(63)73)53-41-45-65-66-46-42-54(50-72(66)75(71(65)49-53,59-31-15-5-16-32-59)60-33-17-6-18-34-60)52-40-44-64-62-36-20-22-38-68(62)74(70(64)48-52,57-27-11-3-12-28-57)58-29-13-4-14-30-58/h19-22,35-50,55-60H,1-18,23-34H2. The van der Waals surface area contributed by atoms with Crippen molar-refractivity contribution in [1.29, 1.82) is 0 Å². The van der Waals surface area contributed by atoms with E-state index in [-0.39, 0.29) is 16.2 Å². The molecule has 15 rings (SSSR count). The molecule has 0 aliphatic heterocycles. The van der Waals surface area contributed by atoms with Crippen LogP contribution in [0.15, 0.2) is 121 Å². The molecule has 0 atom stereocenters. The summed E-state index contributed by atoms with van der Waals surface area (Å²) in [4.78, 5) is 0. The SMILES string of the molecule is c1ccc2c(c1)-c1ccc(-c3ccc4c(c3)C(C3CCCCC3)(C3CCCCC3)c3cc(-c5ccc6c(c5)C(C5CCCCC5)(C5CCCCC5)c5ccccc5-6)ccc3-4)cc1C2(C1CCCCC1)C1CCCCC1. The maximum atomic E-state index is 2.83. The van der Waals surface area contributed by atoms with Gasteiger partial charge in [-0.15, -0.1) is 0 Å². The third-order valence-electron chi connectivity index (χ3n) is 23.6. The largest absolute Gasteiger partial charge is 0.0619 e. The molecule has 0 aromatic heterocycles. The molecule has 6 fully saturated rings. The fraction of sp³-hybridized carbons (Fsp3) is 0.520. The van der Waals surface area contributed by atoms with E-state index in [9.17, 15) is 0 Å². The summed E-state index contributed by atoms with van der Waals surface area (Å²) in [5.74, 6) is 4.30. The zero-order chi connectivity index (χ0) is 49.6. The van der Waals surface area contributed by atoms with Gasteiger partial charge in [-0.1, -0.05) is 213 Å². The Morgan fingerprint density at radius 2 is 0.400 bits per heavy atom. The molecule has 6 saturated carbocycles.